The van der Waals surface area contributed by atoms with E-state index in [0.29, 0.717) is 0 Å². The summed E-state index contributed by atoms with van der Waals surface area (Å²) in [5.74, 6) is -1.26. The van der Waals surface area contributed by atoms with Crippen molar-refractivity contribution in [2.75, 3.05) is 7.11 Å². The fourth-order valence-corrected chi connectivity index (χ4v) is 3.53. The number of ether oxygens (including phenoxy) is 2. The lowest BCUT2D eigenvalue weighted by Crippen LogP contribution is -2.54. The number of rotatable bonds is 9. The van der Waals surface area contributed by atoms with E-state index in [0.717, 1.165) is 14.7 Å². The third kappa shape index (κ3) is 8.20. The zero-order valence-corrected chi connectivity index (χ0v) is 19.9. The first-order chi connectivity index (χ1) is 14.8. The van der Waals surface area contributed by atoms with Gasteiger partial charge in [-0.25, -0.2) is 9.59 Å². The molecule has 0 spiro atoms. The zero-order valence-electron chi connectivity index (χ0n) is 17.8. The van der Waals surface area contributed by atoms with Gasteiger partial charge in [-0.1, -0.05) is 56.3 Å². The Morgan fingerprint density at radius 2 is 1.65 bits per heavy atom. The Morgan fingerprint density at radius 3 is 2.26 bits per heavy atom. The van der Waals surface area contributed by atoms with Crippen LogP contribution in [-0.4, -0.2) is 37.2 Å². The van der Waals surface area contributed by atoms with Crippen LogP contribution in [0.3, 0.4) is 0 Å². The standard InChI is InChI=1S/C23H27IN2O5/c1-15(2)20(26-23(29)31-14-16-8-5-4-6-9-16)21(27)25-19(22(28)30-3)13-17-10-7-11-18(24)12-17/h4-12,15,19-20H,13-14H2,1-3H3,(H,25,27)(H,26,29)/t19-,20+/m1/s1. The number of methoxy groups -OCH3 is 1. The van der Waals surface area contributed by atoms with Crippen molar-refractivity contribution in [2.45, 2.75) is 39.0 Å². The first-order valence-electron chi connectivity index (χ1n) is 9.90. The Morgan fingerprint density at radius 1 is 0.968 bits per heavy atom. The highest BCUT2D eigenvalue weighted by atomic mass is 127. The van der Waals surface area contributed by atoms with Crippen LogP contribution < -0.4 is 10.6 Å². The molecule has 0 aliphatic heterocycles. The normalized spacial score (nSPS) is 12.5. The molecule has 7 nitrogen and oxygen atoms in total. The summed E-state index contributed by atoms with van der Waals surface area (Å²) in [5.41, 5.74) is 1.73. The van der Waals surface area contributed by atoms with Gasteiger partial charge in [0, 0.05) is 9.99 Å². The molecule has 2 rings (SSSR count). The van der Waals surface area contributed by atoms with Crippen molar-refractivity contribution in [3.05, 3.63) is 69.3 Å². The van der Waals surface area contributed by atoms with E-state index >= 15 is 0 Å². The number of nitrogens with one attached hydrogen (secondary N) is 2. The lowest BCUT2D eigenvalue weighted by Gasteiger charge is -2.24. The third-order valence-corrected chi connectivity index (χ3v) is 5.24. The van der Waals surface area contributed by atoms with Crippen LogP contribution in [-0.2, 0) is 32.1 Å². The highest BCUT2D eigenvalue weighted by molar-refractivity contribution is 14.1. The van der Waals surface area contributed by atoms with Gasteiger partial charge < -0.3 is 20.1 Å². The van der Waals surface area contributed by atoms with E-state index in [9.17, 15) is 14.4 Å². The molecule has 8 heteroatoms. The Bertz CT molecular complexity index is 889. The van der Waals surface area contributed by atoms with Gasteiger partial charge in [0.1, 0.15) is 18.7 Å². The Kier molecular flexibility index (Phi) is 9.77. The minimum atomic E-state index is -0.876. The van der Waals surface area contributed by atoms with E-state index in [1.165, 1.54) is 7.11 Å². The molecule has 0 radical (unpaired) electrons. The largest absolute Gasteiger partial charge is 0.467 e. The van der Waals surface area contributed by atoms with Gasteiger partial charge in [-0.2, -0.15) is 0 Å². The van der Waals surface area contributed by atoms with Crippen LogP contribution in [0.5, 0.6) is 0 Å². The molecule has 2 atom stereocenters. The quantitative estimate of drug-likeness (QED) is 0.377. The number of carbonyl (C=O) groups excluding carboxylic acids is 3. The van der Waals surface area contributed by atoms with E-state index in [-0.39, 0.29) is 18.9 Å². The number of carbonyl (C=O) groups is 3. The number of amides is 2. The van der Waals surface area contributed by atoms with Gasteiger partial charge in [-0.15, -0.1) is 0 Å². The summed E-state index contributed by atoms with van der Waals surface area (Å²) in [6.07, 6.45) is -0.427. The summed E-state index contributed by atoms with van der Waals surface area (Å²) in [4.78, 5) is 37.4. The SMILES string of the molecule is COC(=O)[C@@H](Cc1cccc(I)c1)NC(=O)[C@@H](NC(=O)OCc1ccccc1)C(C)C. The molecule has 31 heavy (non-hydrogen) atoms. The third-order valence-electron chi connectivity index (χ3n) is 4.57. The van der Waals surface area contributed by atoms with Crippen molar-refractivity contribution < 1.29 is 23.9 Å². The Hall–Kier alpha value is -2.62. The maximum atomic E-state index is 12.9. The summed E-state index contributed by atoms with van der Waals surface area (Å²) in [5, 5.41) is 5.31. The van der Waals surface area contributed by atoms with E-state index in [1.807, 2.05) is 54.6 Å². The second-order valence-electron chi connectivity index (χ2n) is 7.35. The van der Waals surface area contributed by atoms with Crippen molar-refractivity contribution in [3.63, 3.8) is 0 Å². The maximum absolute atomic E-state index is 12.9. The van der Waals surface area contributed by atoms with Crippen LogP contribution in [0.1, 0.15) is 25.0 Å². The summed E-state index contributed by atoms with van der Waals surface area (Å²) < 4.78 is 11.1. The molecular formula is C23H27IN2O5. The monoisotopic (exact) mass is 538 g/mol. The van der Waals surface area contributed by atoms with E-state index in [1.54, 1.807) is 13.8 Å². The molecule has 2 N–H and O–H groups in total. The average Bonchev–Trinajstić information content (AvgIpc) is 2.75. The minimum absolute atomic E-state index is 0.0938. The number of halogens is 1. The molecule has 0 fully saturated rings. The second kappa shape index (κ2) is 12.3. The predicted molar refractivity (Wildman–Crippen MR) is 125 cm³/mol. The first-order valence-corrected chi connectivity index (χ1v) is 11.0. The molecule has 0 aliphatic carbocycles. The summed E-state index contributed by atoms with van der Waals surface area (Å²) in [7, 11) is 1.27. The molecule has 0 aromatic heterocycles. The van der Waals surface area contributed by atoms with Crippen LogP contribution in [0.2, 0.25) is 0 Å². The van der Waals surface area contributed by atoms with Crippen molar-refractivity contribution in [3.8, 4) is 0 Å². The molecule has 2 aromatic carbocycles. The number of benzene rings is 2. The summed E-state index contributed by atoms with van der Waals surface area (Å²) in [6, 6.07) is 15.1. The van der Waals surface area contributed by atoms with Crippen LogP contribution in [0, 0.1) is 9.49 Å². The molecule has 0 saturated heterocycles. The van der Waals surface area contributed by atoms with Crippen molar-refractivity contribution in [1.82, 2.24) is 10.6 Å². The van der Waals surface area contributed by atoms with Gasteiger partial charge in [0.05, 0.1) is 7.11 Å². The Labute approximate surface area is 196 Å². The van der Waals surface area contributed by atoms with Crippen molar-refractivity contribution in [1.29, 1.82) is 0 Å². The van der Waals surface area contributed by atoms with E-state index in [2.05, 4.69) is 33.2 Å². The van der Waals surface area contributed by atoms with Gasteiger partial charge >= 0.3 is 12.1 Å². The fraction of sp³-hybridized carbons (Fsp3) is 0.348. The molecule has 0 unspecified atom stereocenters. The number of alkyl carbamates (subject to hydrolysis) is 1. The number of esters is 1. The molecule has 0 aliphatic rings. The van der Waals surface area contributed by atoms with Gasteiger partial charge in [0.25, 0.3) is 0 Å². The molecule has 166 valence electrons. The predicted octanol–water partition coefficient (Wildman–Crippen LogP) is 3.44. The highest BCUT2D eigenvalue weighted by Gasteiger charge is 2.29. The van der Waals surface area contributed by atoms with Gasteiger partial charge in [-0.3, -0.25) is 4.79 Å². The van der Waals surface area contributed by atoms with Gasteiger partial charge in [0.15, 0.2) is 0 Å². The molecule has 2 aromatic rings. The Balaban J connectivity index is 2.02. The first kappa shape index (κ1) is 24.6. The molecule has 0 heterocycles. The van der Waals surface area contributed by atoms with Crippen LogP contribution >= 0.6 is 22.6 Å². The number of hydrogen-bond donors (Lipinski definition) is 2. The molecule has 0 bridgehead atoms. The fourth-order valence-electron chi connectivity index (χ4n) is 2.92. The van der Waals surface area contributed by atoms with Crippen LogP contribution in [0.15, 0.2) is 54.6 Å². The van der Waals surface area contributed by atoms with Crippen molar-refractivity contribution >= 4 is 40.6 Å². The molecule has 0 saturated carbocycles. The number of hydrogen-bond acceptors (Lipinski definition) is 5. The van der Waals surface area contributed by atoms with E-state index in [4.69, 9.17) is 9.47 Å². The lowest BCUT2D eigenvalue weighted by atomic mass is 10.0. The second-order valence-corrected chi connectivity index (χ2v) is 8.59. The van der Waals surface area contributed by atoms with Gasteiger partial charge in [-0.05, 0) is 51.8 Å². The smallest absolute Gasteiger partial charge is 0.408 e. The molecular weight excluding hydrogens is 511 g/mol. The van der Waals surface area contributed by atoms with Gasteiger partial charge in [0.2, 0.25) is 5.91 Å². The lowest BCUT2D eigenvalue weighted by molar-refractivity contribution is -0.145. The van der Waals surface area contributed by atoms with Crippen molar-refractivity contribution in [2.24, 2.45) is 5.92 Å². The topological polar surface area (TPSA) is 93.7 Å². The van der Waals surface area contributed by atoms with Crippen LogP contribution in [0.4, 0.5) is 4.79 Å². The maximum Gasteiger partial charge on any atom is 0.408 e. The van der Waals surface area contributed by atoms with E-state index < -0.39 is 30.1 Å². The molecule has 2 amide bonds. The minimum Gasteiger partial charge on any atom is -0.467 e. The zero-order chi connectivity index (χ0) is 22.8. The summed E-state index contributed by atoms with van der Waals surface area (Å²) >= 11 is 2.18. The highest BCUT2D eigenvalue weighted by Crippen LogP contribution is 2.12. The summed E-state index contributed by atoms with van der Waals surface area (Å²) in [6.45, 7) is 3.69. The van der Waals surface area contributed by atoms with Crippen LogP contribution in [0.25, 0.3) is 0 Å². The average molecular weight is 538 g/mol.